The molecule has 0 saturated carbocycles. The molecule has 0 aliphatic carbocycles. The number of halogens is 1. The molecule has 0 aliphatic heterocycles. The minimum Gasteiger partial charge on any atom is -0.497 e. The first-order valence-corrected chi connectivity index (χ1v) is 6.97. The highest BCUT2D eigenvalue weighted by Gasteiger charge is 2.20. The van der Waals surface area contributed by atoms with Crippen LogP contribution >= 0.6 is 11.6 Å². The molecule has 0 N–H and O–H groups in total. The maximum absolute atomic E-state index is 12.3. The Bertz CT molecular complexity index is 447. The van der Waals surface area contributed by atoms with E-state index in [0.29, 0.717) is 28.7 Å². The smallest absolute Gasteiger partial charge is 0.164 e. The van der Waals surface area contributed by atoms with Gasteiger partial charge in [0.05, 0.1) is 12.1 Å². The molecule has 3 heteroatoms. The van der Waals surface area contributed by atoms with Crippen LogP contribution in [-0.4, -0.2) is 12.9 Å². The van der Waals surface area contributed by atoms with E-state index in [9.17, 15) is 4.79 Å². The van der Waals surface area contributed by atoms with Crippen LogP contribution < -0.4 is 4.74 Å². The molecule has 0 spiro atoms. The first-order chi connectivity index (χ1) is 8.73. The number of Topliss-reactive ketones (excluding diaryl/α,β-unsaturated/α-hetero) is 1. The lowest BCUT2D eigenvalue weighted by atomic mass is 9.83. The van der Waals surface area contributed by atoms with E-state index in [1.807, 2.05) is 0 Å². The van der Waals surface area contributed by atoms with E-state index in [0.717, 1.165) is 6.42 Å². The minimum absolute atomic E-state index is 0.0839. The topological polar surface area (TPSA) is 26.3 Å². The van der Waals surface area contributed by atoms with Gasteiger partial charge in [-0.15, -0.1) is 0 Å². The summed E-state index contributed by atoms with van der Waals surface area (Å²) in [5, 5.41) is 0.494. The minimum atomic E-state index is 0.0839. The fourth-order valence-corrected chi connectivity index (χ4v) is 2.61. The maximum atomic E-state index is 12.3. The second kappa shape index (κ2) is 6.42. The number of carbonyl (C=O) groups is 1. The highest BCUT2D eigenvalue weighted by molar-refractivity contribution is 6.34. The Labute approximate surface area is 121 Å². The van der Waals surface area contributed by atoms with Crippen molar-refractivity contribution in [3.63, 3.8) is 0 Å². The lowest BCUT2D eigenvalue weighted by Gasteiger charge is -2.22. The van der Waals surface area contributed by atoms with Gasteiger partial charge in [0.15, 0.2) is 5.78 Å². The van der Waals surface area contributed by atoms with Gasteiger partial charge in [-0.3, -0.25) is 4.79 Å². The second-order valence-corrected chi connectivity index (χ2v) is 6.75. The van der Waals surface area contributed by atoms with Crippen LogP contribution in [0.3, 0.4) is 0 Å². The van der Waals surface area contributed by atoms with Gasteiger partial charge in [0.25, 0.3) is 0 Å². The Morgan fingerprint density at radius 2 is 2.00 bits per heavy atom. The zero-order valence-electron chi connectivity index (χ0n) is 12.4. The molecule has 0 amide bonds. The van der Waals surface area contributed by atoms with Crippen LogP contribution in [0.25, 0.3) is 0 Å². The summed E-state index contributed by atoms with van der Waals surface area (Å²) in [4.78, 5) is 12.3. The molecular formula is C16H23ClO2. The van der Waals surface area contributed by atoms with Crippen LogP contribution in [0.5, 0.6) is 5.75 Å². The number of ketones is 1. The third-order valence-electron chi connectivity index (χ3n) is 2.97. The molecule has 0 bridgehead atoms. The van der Waals surface area contributed by atoms with E-state index < -0.39 is 0 Å². The molecule has 1 unspecified atom stereocenters. The zero-order valence-corrected chi connectivity index (χ0v) is 13.2. The van der Waals surface area contributed by atoms with Crippen LogP contribution in [-0.2, 0) is 0 Å². The predicted octanol–water partition coefficient (Wildman–Crippen LogP) is 4.99. The summed E-state index contributed by atoms with van der Waals surface area (Å²) in [5.74, 6) is 1.09. The van der Waals surface area contributed by atoms with E-state index in [-0.39, 0.29) is 11.2 Å². The molecule has 0 aliphatic rings. The van der Waals surface area contributed by atoms with Crippen molar-refractivity contribution in [3.8, 4) is 5.75 Å². The highest BCUT2D eigenvalue weighted by atomic mass is 35.5. The monoisotopic (exact) mass is 282 g/mol. The number of hydrogen-bond donors (Lipinski definition) is 0. The van der Waals surface area contributed by atoms with Crippen LogP contribution in [0.4, 0.5) is 0 Å². The SMILES string of the molecule is COc1ccc(Cl)c(C(=O)CC(C)CC(C)(C)C)c1. The van der Waals surface area contributed by atoms with Gasteiger partial charge in [-0.1, -0.05) is 39.3 Å². The van der Waals surface area contributed by atoms with Crippen molar-refractivity contribution in [2.24, 2.45) is 11.3 Å². The standard InChI is InChI=1S/C16H23ClO2/c1-11(10-16(2,3)4)8-15(18)13-9-12(19-5)6-7-14(13)17/h6-7,9,11H,8,10H2,1-5H3. The zero-order chi connectivity index (χ0) is 14.6. The molecule has 0 fully saturated rings. The molecule has 1 aromatic rings. The molecule has 0 radical (unpaired) electrons. The summed E-state index contributed by atoms with van der Waals surface area (Å²) < 4.78 is 5.13. The van der Waals surface area contributed by atoms with Crippen molar-refractivity contribution >= 4 is 17.4 Å². The van der Waals surface area contributed by atoms with Crippen molar-refractivity contribution in [1.29, 1.82) is 0 Å². The molecule has 106 valence electrons. The fourth-order valence-electron chi connectivity index (χ4n) is 2.39. The van der Waals surface area contributed by atoms with Crippen molar-refractivity contribution in [1.82, 2.24) is 0 Å². The molecule has 2 nitrogen and oxygen atoms in total. The first-order valence-electron chi connectivity index (χ1n) is 6.59. The molecule has 1 rings (SSSR count). The highest BCUT2D eigenvalue weighted by Crippen LogP contribution is 2.29. The summed E-state index contributed by atoms with van der Waals surface area (Å²) in [6.45, 7) is 8.67. The Morgan fingerprint density at radius 3 is 2.53 bits per heavy atom. The molecule has 0 heterocycles. The average molecular weight is 283 g/mol. The fraction of sp³-hybridized carbons (Fsp3) is 0.562. The van der Waals surface area contributed by atoms with Gasteiger partial charge < -0.3 is 4.74 Å². The molecule has 0 aromatic heterocycles. The van der Waals surface area contributed by atoms with Gasteiger partial charge in [-0.05, 0) is 36.0 Å². The van der Waals surface area contributed by atoms with E-state index in [2.05, 4.69) is 27.7 Å². The van der Waals surface area contributed by atoms with Crippen LogP contribution in [0.15, 0.2) is 18.2 Å². The number of rotatable bonds is 5. The number of ether oxygens (including phenoxy) is 1. The van der Waals surface area contributed by atoms with E-state index in [4.69, 9.17) is 16.3 Å². The summed E-state index contributed by atoms with van der Waals surface area (Å²) in [6.07, 6.45) is 1.53. The van der Waals surface area contributed by atoms with E-state index in [1.165, 1.54) is 0 Å². The quantitative estimate of drug-likeness (QED) is 0.711. The van der Waals surface area contributed by atoms with E-state index in [1.54, 1.807) is 25.3 Å². The van der Waals surface area contributed by atoms with Crippen molar-refractivity contribution < 1.29 is 9.53 Å². The second-order valence-electron chi connectivity index (χ2n) is 6.34. The Balaban J connectivity index is 2.78. The third kappa shape index (κ3) is 5.23. The van der Waals surface area contributed by atoms with Crippen LogP contribution in [0.1, 0.15) is 50.9 Å². The molecule has 19 heavy (non-hydrogen) atoms. The molecule has 0 saturated heterocycles. The van der Waals surface area contributed by atoms with E-state index >= 15 is 0 Å². The lowest BCUT2D eigenvalue weighted by molar-refractivity contribution is 0.0954. The Kier molecular flexibility index (Phi) is 5.42. The van der Waals surface area contributed by atoms with Crippen LogP contribution in [0, 0.1) is 11.3 Å². The van der Waals surface area contributed by atoms with Crippen LogP contribution in [0.2, 0.25) is 5.02 Å². The first kappa shape index (κ1) is 16.0. The van der Waals surface area contributed by atoms with Gasteiger partial charge >= 0.3 is 0 Å². The Morgan fingerprint density at radius 1 is 1.37 bits per heavy atom. The van der Waals surface area contributed by atoms with Gasteiger partial charge in [-0.25, -0.2) is 0 Å². The number of benzene rings is 1. The van der Waals surface area contributed by atoms with Gasteiger partial charge in [0.2, 0.25) is 0 Å². The van der Waals surface area contributed by atoms with Gasteiger partial charge in [0, 0.05) is 12.0 Å². The molecule has 1 atom stereocenters. The summed E-state index contributed by atoms with van der Waals surface area (Å²) in [6, 6.07) is 5.19. The normalized spacial score (nSPS) is 13.2. The third-order valence-corrected chi connectivity index (χ3v) is 3.30. The van der Waals surface area contributed by atoms with Crippen molar-refractivity contribution in [2.75, 3.05) is 7.11 Å². The summed E-state index contributed by atoms with van der Waals surface area (Å²) in [7, 11) is 1.58. The van der Waals surface area contributed by atoms with Gasteiger partial charge in [-0.2, -0.15) is 0 Å². The number of methoxy groups -OCH3 is 1. The summed E-state index contributed by atoms with van der Waals surface area (Å²) >= 11 is 6.09. The van der Waals surface area contributed by atoms with Crippen molar-refractivity contribution in [3.05, 3.63) is 28.8 Å². The average Bonchev–Trinajstić information content (AvgIpc) is 2.26. The maximum Gasteiger partial charge on any atom is 0.164 e. The molecule has 1 aromatic carbocycles. The summed E-state index contributed by atoms with van der Waals surface area (Å²) in [5.41, 5.74) is 0.791. The van der Waals surface area contributed by atoms with Gasteiger partial charge in [0.1, 0.15) is 5.75 Å². The predicted molar refractivity (Wildman–Crippen MR) is 80.2 cm³/mol. The lowest BCUT2D eigenvalue weighted by Crippen LogP contribution is -2.14. The van der Waals surface area contributed by atoms with Crippen molar-refractivity contribution in [2.45, 2.75) is 40.5 Å². The number of carbonyl (C=O) groups excluding carboxylic acids is 1. The Hall–Kier alpha value is -1.02. The number of hydrogen-bond acceptors (Lipinski definition) is 2. The molecular weight excluding hydrogens is 260 g/mol. The largest absolute Gasteiger partial charge is 0.497 e.